The van der Waals surface area contributed by atoms with E-state index in [1.807, 2.05) is 34.5 Å². The summed E-state index contributed by atoms with van der Waals surface area (Å²) in [4.78, 5) is 15.8. The van der Waals surface area contributed by atoms with Crippen molar-refractivity contribution in [3.8, 4) is 0 Å². The number of thiophene rings is 1. The number of aromatic nitrogens is 2. The first-order valence-corrected chi connectivity index (χ1v) is 5.81. The zero-order valence-corrected chi connectivity index (χ0v) is 11.3. The second-order valence-electron chi connectivity index (χ2n) is 3.29. The minimum atomic E-state index is 0. The summed E-state index contributed by atoms with van der Waals surface area (Å²) in [5, 5.41) is 1.93. The van der Waals surface area contributed by atoms with Crippen LogP contribution in [0.15, 0.2) is 29.9 Å². The van der Waals surface area contributed by atoms with Crippen molar-refractivity contribution in [2.24, 2.45) is 0 Å². The van der Waals surface area contributed by atoms with Crippen molar-refractivity contribution in [1.29, 1.82) is 0 Å². The molecule has 0 radical (unpaired) electrons. The lowest BCUT2D eigenvalue weighted by molar-refractivity contribution is -0.689. The molecule has 0 fully saturated rings. The summed E-state index contributed by atoms with van der Waals surface area (Å²) in [7, 11) is 0. The number of carbonyl (C=O) groups excluding carboxylic acids is 1. The smallest absolute Gasteiger partial charge is 0.254 e. The van der Waals surface area contributed by atoms with Gasteiger partial charge in [-0.15, -0.1) is 11.3 Å². The predicted molar refractivity (Wildman–Crippen MR) is 59.0 cm³/mol. The number of nitrogens with one attached hydrogen (secondary N) is 1. The number of halogens is 1. The highest BCUT2D eigenvalue weighted by molar-refractivity contribution is 7.12. The molecule has 2 aromatic rings. The quantitative estimate of drug-likeness (QED) is 0.560. The highest BCUT2D eigenvalue weighted by Gasteiger charge is 2.14. The zero-order valence-electron chi connectivity index (χ0n) is 8.94. The van der Waals surface area contributed by atoms with Gasteiger partial charge in [-0.05, 0) is 11.4 Å². The Bertz CT molecular complexity index is 450. The summed E-state index contributed by atoms with van der Waals surface area (Å²) in [5.74, 6) is 1.25. The number of ketones is 1. The maximum absolute atomic E-state index is 11.8. The van der Waals surface area contributed by atoms with Crippen LogP contribution >= 0.6 is 11.3 Å². The average molecular weight is 301 g/mol. The fourth-order valence-corrected chi connectivity index (χ4v) is 2.18. The van der Waals surface area contributed by atoms with Crippen LogP contribution in [0.4, 0.5) is 0 Å². The van der Waals surface area contributed by atoms with E-state index in [1.165, 1.54) is 11.3 Å². The predicted octanol–water partition coefficient (Wildman–Crippen LogP) is -1.19. The van der Waals surface area contributed by atoms with Crippen molar-refractivity contribution in [1.82, 2.24) is 4.98 Å². The molecule has 0 saturated heterocycles. The van der Waals surface area contributed by atoms with E-state index < -0.39 is 0 Å². The van der Waals surface area contributed by atoms with Crippen LogP contribution in [-0.4, -0.2) is 10.8 Å². The Hall–Kier alpha value is -0.940. The summed E-state index contributed by atoms with van der Waals surface area (Å²) < 4.78 is 1.96. The van der Waals surface area contributed by atoms with Crippen LogP contribution in [0.25, 0.3) is 0 Å². The molecule has 1 N–H and O–H groups in total. The SMILES string of the molecule is CCc1[nH]cc[n+]1CC(=O)c1cccs1.[Br-]. The van der Waals surface area contributed by atoms with Crippen LogP contribution in [0.2, 0.25) is 0 Å². The minimum Gasteiger partial charge on any atom is -1.00 e. The number of aromatic amines is 1. The van der Waals surface area contributed by atoms with Gasteiger partial charge in [-0.2, -0.15) is 0 Å². The van der Waals surface area contributed by atoms with Gasteiger partial charge in [0.15, 0.2) is 6.54 Å². The van der Waals surface area contributed by atoms with Crippen molar-refractivity contribution in [2.75, 3.05) is 0 Å². The van der Waals surface area contributed by atoms with Crippen LogP contribution in [-0.2, 0) is 13.0 Å². The van der Waals surface area contributed by atoms with Gasteiger partial charge in [0.25, 0.3) is 5.82 Å². The summed E-state index contributed by atoms with van der Waals surface area (Å²) >= 11 is 1.49. The first-order chi connectivity index (χ1) is 7.31. The Morgan fingerprint density at radius 1 is 1.56 bits per heavy atom. The molecule has 0 spiro atoms. The van der Waals surface area contributed by atoms with Crippen LogP contribution in [0.1, 0.15) is 22.4 Å². The molecular weight excluding hydrogens is 288 g/mol. The molecule has 0 bridgehead atoms. The maximum Gasteiger partial charge on any atom is 0.254 e. The van der Waals surface area contributed by atoms with Gasteiger partial charge in [-0.3, -0.25) is 4.79 Å². The first kappa shape index (κ1) is 13.1. The Morgan fingerprint density at radius 2 is 2.38 bits per heavy atom. The van der Waals surface area contributed by atoms with Crippen molar-refractivity contribution in [3.05, 3.63) is 40.6 Å². The van der Waals surface area contributed by atoms with Gasteiger partial charge in [0.2, 0.25) is 5.78 Å². The molecule has 0 unspecified atom stereocenters. The van der Waals surface area contributed by atoms with Crippen molar-refractivity contribution >= 4 is 17.1 Å². The molecule has 86 valence electrons. The Labute approximate surface area is 109 Å². The van der Waals surface area contributed by atoms with Crippen molar-refractivity contribution in [2.45, 2.75) is 19.9 Å². The number of nitrogens with zero attached hydrogens (tertiary/aromatic N) is 1. The molecule has 0 saturated carbocycles. The molecule has 2 heterocycles. The number of H-pyrrole nitrogens is 1. The van der Waals surface area contributed by atoms with E-state index in [-0.39, 0.29) is 22.8 Å². The standard InChI is InChI=1S/C11H12N2OS.BrH/c1-2-11-12-5-6-13(11)8-9(14)10-4-3-7-15-10;/h3-7H,2,8H2,1H3;1H. The number of rotatable bonds is 4. The lowest BCUT2D eigenvalue weighted by Gasteiger charge is -1.97. The molecule has 0 aromatic carbocycles. The van der Waals surface area contributed by atoms with E-state index in [9.17, 15) is 4.79 Å². The lowest BCUT2D eigenvalue weighted by atomic mass is 10.3. The Morgan fingerprint density at radius 3 is 3.00 bits per heavy atom. The van der Waals surface area contributed by atoms with E-state index in [0.29, 0.717) is 6.54 Å². The molecule has 16 heavy (non-hydrogen) atoms. The summed E-state index contributed by atoms with van der Waals surface area (Å²) in [5.41, 5.74) is 0. The number of hydrogen-bond donors (Lipinski definition) is 1. The van der Waals surface area contributed by atoms with Gasteiger partial charge in [0.05, 0.1) is 4.88 Å². The second kappa shape index (κ2) is 5.96. The Balaban J connectivity index is 0.00000128. The van der Waals surface area contributed by atoms with Gasteiger partial charge in [0.1, 0.15) is 12.4 Å². The molecule has 0 aliphatic rings. The number of carbonyl (C=O) groups is 1. The molecule has 0 aliphatic carbocycles. The third kappa shape index (κ3) is 2.80. The normalized spacial score (nSPS) is 9.81. The van der Waals surface area contributed by atoms with Gasteiger partial charge >= 0.3 is 0 Å². The summed E-state index contributed by atoms with van der Waals surface area (Å²) in [6, 6.07) is 3.77. The molecule has 0 atom stereocenters. The molecule has 0 aliphatic heterocycles. The van der Waals surface area contributed by atoms with Crippen LogP contribution in [0.5, 0.6) is 0 Å². The first-order valence-electron chi connectivity index (χ1n) is 4.93. The molecule has 0 amide bonds. The van der Waals surface area contributed by atoms with E-state index >= 15 is 0 Å². The minimum absolute atomic E-state index is 0. The second-order valence-corrected chi connectivity index (χ2v) is 4.24. The number of hydrogen-bond acceptors (Lipinski definition) is 2. The van der Waals surface area contributed by atoms with E-state index in [1.54, 1.807) is 0 Å². The molecule has 2 aromatic heterocycles. The van der Waals surface area contributed by atoms with Crippen molar-refractivity contribution < 1.29 is 26.3 Å². The van der Waals surface area contributed by atoms with E-state index in [0.717, 1.165) is 17.1 Å². The number of imidazole rings is 1. The molecule has 3 nitrogen and oxygen atoms in total. The Kier molecular flexibility index (Phi) is 4.89. The topological polar surface area (TPSA) is 36.7 Å². The number of aryl methyl sites for hydroxylation is 1. The lowest BCUT2D eigenvalue weighted by Crippen LogP contribution is -3.00. The van der Waals surface area contributed by atoms with Gasteiger partial charge in [-0.25, -0.2) is 9.55 Å². The van der Waals surface area contributed by atoms with Crippen LogP contribution in [0.3, 0.4) is 0 Å². The van der Waals surface area contributed by atoms with E-state index in [4.69, 9.17) is 0 Å². The monoisotopic (exact) mass is 300 g/mol. The van der Waals surface area contributed by atoms with Crippen LogP contribution in [0, 0.1) is 0 Å². The fourth-order valence-electron chi connectivity index (χ4n) is 1.52. The van der Waals surface area contributed by atoms with E-state index in [2.05, 4.69) is 11.9 Å². The molecular formula is C11H13BrN2OS. The van der Waals surface area contributed by atoms with Gasteiger partial charge in [-0.1, -0.05) is 13.0 Å². The fraction of sp³-hybridized carbons (Fsp3) is 0.273. The maximum atomic E-state index is 11.8. The third-order valence-corrected chi connectivity index (χ3v) is 3.21. The number of Topliss-reactive ketones (excluding diaryl/α,β-unsaturated/α-hetero) is 1. The zero-order chi connectivity index (χ0) is 10.7. The highest BCUT2D eigenvalue weighted by Crippen LogP contribution is 2.09. The largest absolute Gasteiger partial charge is 1.00 e. The van der Waals surface area contributed by atoms with Gasteiger partial charge in [0, 0.05) is 6.42 Å². The van der Waals surface area contributed by atoms with Gasteiger partial charge < -0.3 is 17.0 Å². The summed E-state index contributed by atoms with van der Waals surface area (Å²) in [6.07, 6.45) is 4.68. The average Bonchev–Trinajstić information content (AvgIpc) is 2.87. The molecule has 2 rings (SSSR count). The summed E-state index contributed by atoms with van der Waals surface area (Å²) in [6.45, 7) is 2.49. The van der Waals surface area contributed by atoms with Crippen LogP contribution < -0.4 is 21.5 Å². The third-order valence-electron chi connectivity index (χ3n) is 2.30. The van der Waals surface area contributed by atoms with Crippen molar-refractivity contribution in [3.63, 3.8) is 0 Å². The highest BCUT2D eigenvalue weighted by atomic mass is 79.9. The molecule has 5 heteroatoms.